The molecule has 0 aliphatic heterocycles. The summed E-state index contributed by atoms with van der Waals surface area (Å²) in [4.78, 5) is 1.85. The van der Waals surface area contributed by atoms with Crippen LogP contribution in [0.15, 0.2) is 5.16 Å². The molecule has 0 aliphatic carbocycles. The smallest absolute Gasteiger partial charge is 0.156 e. The van der Waals surface area contributed by atoms with Crippen LogP contribution in [-0.2, 0) is 9.84 Å². The van der Waals surface area contributed by atoms with E-state index in [9.17, 15) is 8.42 Å². The van der Waals surface area contributed by atoms with Gasteiger partial charge < -0.3 is 10.9 Å². The molecule has 7 heteroatoms. The van der Waals surface area contributed by atoms with Gasteiger partial charge >= 0.3 is 0 Å². The summed E-state index contributed by atoms with van der Waals surface area (Å²) in [6, 6.07) is -0.200. The molecular weight excluding hydrogens is 230 g/mol. The number of hydrogen-bond acceptors (Lipinski definition) is 5. The van der Waals surface area contributed by atoms with Crippen molar-refractivity contribution in [2.24, 2.45) is 10.9 Å². The Kier molecular flexibility index (Phi) is 6.35. The number of hydrogen-bond donors (Lipinski definition) is 2. The van der Waals surface area contributed by atoms with E-state index in [4.69, 9.17) is 10.9 Å². The van der Waals surface area contributed by atoms with Crippen LogP contribution >= 0.6 is 0 Å². The lowest BCUT2D eigenvalue weighted by Gasteiger charge is -2.23. The number of amidine groups is 1. The Labute approximate surface area is 97.0 Å². The van der Waals surface area contributed by atoms with Gasteiger partial charge in [0.05, 0.1) is 11.8 Å². The number of rotatable bonds is 7. The zero-order chi connectivity index (χ0) is 12.8. The third kappa shape index (κ3) is 5.32. The molecule has 0 saturated heterocycles. The fourth-order valence-electron chi connectivity index (χ4n) is 1.18. The van der Waals surface area contributed by atoms with Crippen molar-refractivity contribution in [2.75, 3.05) is 25.1 Å². The highest BCUT2D eigenvalue weighted by Gasteiger charge is 2.14. The fourth-order valence-corrected chi connectivity index (χ4v) is 2.04. The minimum atomic E-state index is -2.90. The number of sulfone groups is 1. The van der Waals surface area contributed by atoms with E-state index in [1.165, 1.54) is 0 Å². The molecule has 1 unspecified atom stereocenters. The summed E-state index contributed by atoms with van der Waals surface area (Å²) in [7, 11) is -1.10. The second-order valence-corrected chi connectivity index (χ2v) is 6.24. The molecule has 3 N–H and O–H groups in total. The van der Waals surface area contributed by atoms with E-state index in [1.54, 1.807) is 20.9 Å². The van der Waals surface area contributed by atoms with E-state index < -0.39 is 9.84 Å². The molecule has 0 bridgehead atoms. The van der Waals surface area contributed by atoms with Gasteiger partial charge in [-0.2, -0.15) is 0 Å². The number of nitrogens with zero attached hydrogens (tertiary/aromatic N) is 2. The molecule has 0 amide bonds. The summed E-state index contributed by atoms with van der Waals surface area (Å²) in [5.41, 5.74) is 5.44. The molecule has 0 rings (SSSR count). The zero-order valence-electron chi connectivity index (χ0n) is 10.0. The largest absolute Gasteiger partial charge is 0.409 e. The summed E-state index contributed by atoms with van der Waals surface area (Å²) < 4.78 is 22.5. The van der Waals surface area contributed by atoms with Crippen molar-refractivity contribution in [1.82, 2.24) is 4.90 Å². The van der Waals surface area contributed by atoms with Crippen LogP contribution in [0.1, 0.15) is 20.3 Å². The van der Waals surface area contributed by atoms with Crippen LogP contribution in [0, 0.1) is 0 Å². The first-order chi connectivity index (χ1) is 7.34. The third-order valence-electron chi connectivity index (χ3n) is 2.61. The van der Waals surface area contributed by atoms with Gasteiger partial charge in [-0.3, -0.25) is 4.90 Å². The summed E-state index contributed by atoms with van der Waals surface area (Å²) in [5, 5.41) is 11.4. The Balaban J connectivity index is 4.04. The molecule has 0 radical (unpaired) electrons. The number of nitrogens with two attached hydrogens (primary N) is 1. The van der Waals surface area contributed by atoms with Crippen LogP contribution < -0.4 is 5.73 Å². The minimum absolute atomic E-state index is 0.126. The average Bonchev–Trinajstić information content (AvgIpc) is 2.26. The van der Waals surface area contributed by atoms with Crippen molar-refractivity contribution < 1.29 is 13.6 Å². The molecule has 1 atom stereocenters. The number of likely N-dealkylation sites (N-methyl/N-ethyl adjacent to an activating group) is 1. The first kappa shape index (κ1) is 15.2. The van der Waals surface area contributed by atoms with Gasteiger partial charge in [0.15, 0.2) is 5.84 Å². The lowest BCUT2D eigenvalue weighted by molar-refractivity contribution is 0.284. The maximum absolute atomic E-state index is 11.2. The molecular formula is C9H21N3O3S. The fraction of sp³-hybridized carbons (Fsp3) is 0.889. The van der Waals surface area contributed by atoms with Gasteiger partial charge in [0, 0.05) is 5.75 Å². The van der Waals surface area contributed by atoms with Crippen LogP contribution in [0.25, 0.3) is 0 Å². The Morgan fingerprint density at radius 3 is 2.56 bits per heavy atom. The van der Waals surface area contributed by atoms with Crippen molar-refractivity contribution in [3.8, 4) is 0 Å². The van der Waals surface area contributed by atoms with Gasteiger partial charge in [-0.15, -0.1) is 0 Å². The van der Waals surface area contributed by atoms with Crippen molar-refractivity contribution in [3.05, 3.63) is 0 Å². The predicted octanol–water partition coefficient (Wildman–Crippen LogP) is -0.122. The maximum atomic E-state index is 11.2. The first-order valence-corrected chi connectivity index (χ1v) is 7.04. The van der Waals surface area contributed by atoms with E-state index in [0.29, 0.717) is 13.0 Å². The molecule has 0 fully saturated rings. The highest BCUT2D eigenvalue weighted by molar-refractivity contribution is 7.91. The van der Waals surface area contributed by atoms with Crippen LogP contribution in [0.5, 0.6) is 0 Å². The SMILES string of the molecule is CCS(=O)(=O)CCCN(C)C(C)C(N)=NO. The maximum Gasteiger partial charge on any atom is 0.156 e. The summed E-state index contributed by atoms with van der Waals surface area (Å²) >= 11 is 0. The summed E-state index contributed by atoms with van der Waals surface area (Å²) in [5.74, 6) is 0.476. The zero-order valence-corrected chi connectivity index (χ0v) is 10.9. The van der Waals surface area contributed by atoms with Crippen molar-refractivity contribution in [3.63, 3.8) is 0 Å². The van der Waals surface area contributed by atoms with E-state index in [2.05, 4.69) is 5.16 Å². The standard InChI is InChI=1S/C9H21N3O3S/c1-4-16(14,15)7-5-6-12(3)8(2)9(10)11-13/h8,13H,4-7H2,1-3H3,(H2,10,11). The van der Waals surface area contributed by atoms with E-state index in [1.807, 2.05) is 4.90 Å². The van der Waals surface area contributed by atoms with Crippen LogP contribution in [0.2, 0.25) is 0 Å². The highest BCUT2D eigenvalue weighted by atomic mass is 32.2. The van der Waals surface area contributed by atoms with Gasteiger partial charge in [0.25, 0.3) is 0 Å². The average molecular weight is 251 g/mol. The summed E-state index contributed by atoms with van der Waals surface area (Å²) in [6.07, 6.45) is 0.551. The molecule has 0 aromatic heterocycles. The molecule has 0 aliphatic rings. The first-order valence-electron chi connectivity index (χ1n) is 5.22. The molecule has 0 heterocycles. The molecule has 0 aromatic rings. The van der Waals surface area contributed by atoms with Crippen LogP contribution in [0.4, 0.5) is 0 Å². The van der Waals surface area contributed by atoms with Gasteiger partial charge in [-0.05, 0) is 26.9 Å². The molecule has 0 aromatic carbocycles. The van der Waals surface area contributed by atoms with Crippen molar-refractivity contribution in [2.45, 2.75) is 26.3 Å². The molecule has 0 saturated carbocycles. The topological polar surface area (TPSA) is 96.0 Å². The van der Waals surface area contributed by atoms with Crippen LogP contribution in [0.3, 0.4) is 0 Å². The molecule has 0 spiro atoms. The molecule has 96 valence electrons. The van der Waals surface area contributed by atoms with E-state index in [0.717, 1.165) is 0 Å². The van der Waals surface area contributed by atoms with Crippen LogP contribution in [-0.4, -0.2) is 55.5 Å². The Morgan fingerprint density at radius 2 is 2.12 bits per heavy atom. The Morgan fingerprint density at radius 1 is 1.56 bits per heavy atom. The van der Waals surface area contributed by atoms with E-state index >= 15 is 0 Å². The Bertz CT molecular complexity index is 327. The second-order valence-electron chi connectivity index (χ2n) is 3.77. The van der Waals surface area contributed by atoms with Gasteiger partial charge in [0.2, 0.25) is 0 Å². The normalized spacial score (nSPS) is 15.4. The highest BCUT2D eigenvalue weighted by Crippen LogP contribution is 2.00. The monoisotopic (exact) mass is 251 g/mol. The molecule has 6 nitrogen and oxygen atoms in total. The lowest BCUT2D eigenvalue weighted by Crippen LogP contribution is -2.41. The predicted molar refractivity (Wildman–Crippen MR) is 64.4 cm³/mol. The second kappa shape index (κ2) is 6.70. The molecule has 16 heavy (non-hydrogen) atoms. The summed E-state index contributed by atoms with van der Waals surface area (Å²) in [6.45, 7) is 4.03. The van der Waals surface area contributed by atoms with Gasteiger partial charge in [-0.25, -0.2) is 8.42 Å². The van der Waals surface area contributed by atoms with E-state index in [-0.39, 0.29) is 23.4 Å². The Hall–Kier alpha value is -0.820. The third-order valence-corrected chi connectivity index (χ3v) is 4.40. The lowest BCUT2D eigenvalue weighted by atomic mass is 10.2. The van der Waals surface area contributed by atoms with Crippen molar-refractivity contribution >= 4 is 15.7 Å². The minimum Gasteiger partial charge on any atom is -0.409 e. The number of oxime groups is 1. The van der Waals surface area contributed by atoms with Crippen molar-refractivity contribution in [1.29, 1.82) is 0 Å². The van der Waals surface area contributed by atoms with Gasteiger partial charge in [0.1, 0.15) is 9.84 Å². The quantitative estimate of drug-likeness (QED) is 0.284. The van der Waals surface area contributed by atoms with Gasteiger partial charge in [-0.1, -0.05) is 12.1 Å².